The molecule has 0 radical (unpaired) electrons. The van der Waals surface area contributed by atoms with Crippen LogP contribution in [-0.4, -0.2) is 11.9 Å². The van der Waals surface area contributed by atoms with Crippen LogP contribution >= 0.6 is 0 Å². The van der Waals surface area contributed by atoms with Gasteiger partial charge in [0, 0.05) is 11.6 Å². The average molecular weight is 265 g/mol. The average Bonchev–Trinajstić information content (AvgIpc) is 2.85. The third-order valence-corrected chi connectivity index (χ3v) is 2.68. The minimum Gasteiger partial charge on any atom is -0.472 e. The van der Waals surface area contributed by atoms with Crippen molar-refractivity contribution in [2.45, 2.75) is 19.4 Å². The normalized spacial score (nSPS) is 12.2. The van der Waals surface area contributed by atoms with Crippen LogP contribution < -0.4 is 5.32 Å². The summed E-state index contributed by atoms with van der Waals surface area (Å²) in [7, 11) is 0. The summed E-state index contributed by atoms with van der Waals surface area (Å²) in [6.45, 7) is 1.82. The molecule has 100 valence electrons. The number of carbonyl (C=O) groups is 1. The van der Waals surface area contributed by atoms with E-state index in [-0.39, 0.29) is 11.6 Å². The van der Waals surface area contributed by atoms with Crippen molar-refractivity contribution >= 4 is 5.91 Å². The lowest BCUT2D eigenvalue weighted by Gasteiger charge is -2.13. The summed E-state index contributed by atoms with van der Waals surface area (Å²) in [6, 6.07) is 4.73. The number of amides is 1. The molecule has 1 aromatic heterocycles. The Kier molecular flexibility index (Phi) is 3.94. The quantitative estimate of drug-likeness (QED) is 0.923. The lowest BCUT2D eigenvalue weighted by Crippen LogP contribution is -2.34. The molecule has 0 aliphatic heterocycles. The largest absolute Gasteiger partial charge is 0.472 e. The molecule has 1 heterocycles. The first-order valence-electron chi connectivity index (χ1n) is 5.83. The molecule has 3 nitrogen and oxygen atoms in total. The number of furan rings is 1. The number of rotatable bonds is 4. The molecule has 0 unspecified atom stereocenters. The van der Waals surface area contributed by atoms with E-state index in [1.165, 1.54) is 6.07 Å². The second-order valence-corrected chi connectivity index (χ2v) is 4.34. The van der Waals surface area contributed by atoms with Crippen molar-refractivity contribution in [1.29, 1.82) is 0 Å². The number of halogens is 2. The zero-order chi connectivity index (χ0) is 13.8. The van der Waals surface area contributed by atoms with E-state index in [4.69, 9.17) is 4.42 Å². The smallest absolute Gasteiger partial charge is 0.251 e. The van der Waals surface area contributed by atoms with Gasteiger partial charge in [-0.2, -0.15) is 0 Å². The van der Waals surface area contributed by atoms with Crippen LogP contribution in [0, 0.1) is 11.6 Å². The molecule has 1 atom stereocenters. The van der Waals surface area contributed by atoms with E-state index in [2.05, 4.69) is 5.32 Å². The molecule has 0 aliphatic rings. The number of benzene rings is 1. The lowest BCUT2D eigenvalue weighted by molar-refractivity contribution is 0.0939. The maximum Gasteiger partial charge on any atom is 0.251 e. The van der Waals surface area contributed by atoms with Crippen molar-refractivity contribution in [1.82, 2.24) is 5.32 Å². The van der Waals surface area contributed by atoms with Gasteiger partial charge in [0.25, 0.3) is 5.91 Å². The van der Waals surface area contributed by atoms with Gasteiger partial charge in [-0.05, 0) is 43.2 Å². The molecule has 0 fully saturated rings. The lowest BCUT2D eigenvalue weighted by atomic mass is 10.1. The Morgan fingerprint density at radius 2 is 2.11 bits per heavy atom. The van der Waals surface area contributed by atoms with Gasteiger partial charge >= 0.3 is 0 Å². The molecule has 1 aromatic carbocycles. The molecule has 0 bridgehead atoms. The summed E-state index contributed by atoms with van der Waals surface area (Å²) in [5, 5.41) is 2.71. The Morgan fingerprint density at radius 1 is 1.32 bits per heavy atom. The van der Waals surface area contributed by atoms with Crippen LogP contribution in [0.25, 0.3) is 0 Å². The van der Waals surface area contributed by atoms with Crippen molar-refractivity contribution in [2.75, 3.05) is 0 Å². The topological polar surface area (TPSA) is 42.2 Å². The van der Waals surface area contributed by atoms with Gasteiger partial charge in [-0.3, -0.25) is 4.79 Å². The third-order valence-electron chi connectivity index (χ3n) is 2.68. The van der Waals surface area contributed by atoms with Crippen molar-refractivity contribution in [3.63, 3.8) is 0 Å². The van der Waals surface area contributed by atoms with Gasteiger partial charge in [0.15, 0.2) is 11.6 Å². The van der Waals surface area contributed by atoms with E-state index < -0.39 is 17.5 Å². The molecule has 2 rings (SSSR count). The van der Waals surface area contributed by atoms with Crippen LogP contribution in [0.3, 0.4) is 0 Å². The number of hydrogen-bond acceptors (Lipinski definition) is 2. The van der Waals surface area contributed by atoms with Crippen LogP contribution in [0.15, 0.2) is 41.2 Å². The van der Waals surface area contributed by atoms with Gasteiger partial charge in [-0.25, -0.2) is 8.78 Å². The molecular formula is C14H13F2NO2. The highest BCUT2D eigenvalue weighted by Crippen LogP contribution is 2.09. The van der Waals surface area contributed by atoms with E-state index in [0.717, 1.165) is 17.7 Å². The zero-order valence-corrected chi connectivity index (χ0v) is 10.3. The molecule has 0 saturated carbocycles. The van der Waals surface area contributed by atoms with Crippen molar-refractivity contribution < 1.29 is 18.0 Å². The SMILES string of the molecule is C[C@@H](Cc1ccoc1)NC(=O)c1ccc(F)c(F)c1. The van der Waals surface area contributed by atoms with E-state index in [0.29, 0.717) is 6.42 Å². The maximum absolute atomic E-state index is 13.0. The number of carbonyl (C=O) groups excluding carboxylic acids is 1. The standard InChI is InChI=1S/C14H13F2NO2/c1-9(6-10-4-5-19-8-10)17-14(18)11-2-3-12(15)13(16)7-11/h2-5,7-9H,6H2,1H3,(H,17,18)/t9-/m0/s1. The first-order chi connectivity index (χ1) is 9.06. The first kappa shape index (κ1) is 13.3. The highest BCUT2D eigenvalue weighted by Gasteiger charge is 2.13. The van der Waals surface area contributed by atoms with Crippen LogP contribution in [0.4, 0.5) is 8.78 Å². The minimum atomic E-state index is -1.03. The molecule has 0 saturated heterocycles. The number of hydrogen-bond donors (Lipinski definition) is 1. The molecule has 2 aromatic rings. The molecular weight excluding hydrogens is 252 g/mol. The summed E-state index contributed by atoms with van der Waals surface area (Å²) in [6.07, 6.45) is 3.76. The fraction of sp³-hybridized carbons (Fsp3) is 0.214. The summed E-state index contributed by atoms with van der Waals surface area (Å²) >= 11 is 0. The van der Waals surface area contributed by atoms with E-state index in [1.807, 2.05) is 6.92 Å². The van der Waals surface area contributed by atoms with Gasteiger partial charge in [-0.15, -0.1) is 0 Å². The Labute approximate surface area is 109 Å². The number of nitrogens with one attached hydrogen (secondary N) is 1. The first-order valence-corrected chi connectivity index (χ1v) is 5.83. The van der Waals surface area contributed by atoms with Gasteiger partial charge in [-0.1, -0.05) is 0 Å². The van der Waals surface area contributed by atoms with E-state index >= 15 is 0 Å². The third kappa shape index (κ3) is 3.40. The zero-order valence-electron chi connectivity index (χ0n) is 10.3. The minimum absolute atomic E-state index is 0.0953. The van der Waals surface area contributed by atoms with Crippen LogP contribution in [0.2, 0.25) is 0 Å². The Balaban J connectivity index is 1.98. The van der Waals surface area contributed by atoms with Crippen molar-refractivity contribution in [2.24, 2.45) is 0 Å². The predicted octanol–water partition coefficient (Wildman–Crippen LogP) is 2.92. The van der Waals surface area contributed by atoms with Gasteiger partial charge in [0.2, 0.25) is 0 Å². The molecule has 1 amide bonds. The molecule has 19 heavy (non-hydrogen) atoms. The predicted molar refractivity (Wildman–Crippen MR) is 65.7 cm³/mol. The van der Waals surface area contributed by atoms with Gasteiger partial charge in [0.1, 0.15) is 0 Å². The fourth-order valence-corrected chi connectivity index (χ4v) is 1.76. The molecule has 1 N–H and O–H groups in total. The molecule has 0 aliphatic carbocycles. The Hall–Kier alpha value is -2.17. The second-order valence-electron chi connectivity index (χ2n) is 4.34. The highest BCUT2D eigenvalue weighted by atomic mass is 19.2. The van der Waals surface area contributed by atoms with Crippen LogP contribution in [0.1, 0.15) is 22.8 Å². The van der Waals surface area contributed by atoms with Crippen molar-refractivity contribution in [3.8, 4) is 0 Å². The van der Waals surface area contributed by atoms with E-state index in [9.17, 15) is 13.6 Å². The fourth-order valence-electron chi connectivity index (χ4n) is 1.76. The van der Waals surface area contributed by atoms with Gasteiger partial charge in [0.05, 0.1) is 12.5 Å². The Morgan fingerprint density at radius 3 is 2.74 bits per heavy atom. The van der Waals surface area contributed by atoms with E-state index in [1.54, 1.807) is 18.6 Å². The summed E-state index contributed by atoms with van der Waals surface area (Å²) < 4.78 is 30.7. The summed E-state index contributed by atoms with van der Waals surface area (Å²) in [4.78, 5) is 11.8. The van der Waals surface area contributed by atoms with Gasteiger partial charge < -0.3 is 9.73 Å². The monoisotopic (exact) mass is 265 g/mol. The second kappa shape index (κ2) is 5.65. The molecule has 0 spiro atoms. The van der Waals surface area contributed by atoms with Crippen LogP contribution in [0.5, 0.6) is 0 Å². The molecule has 5 heteroatoms. The van der Waals surface area contributed by atoms with Crippen LogP contribution in [-0.2, 0) is 6.42 Å². The summed E-state index contributed by atoms with van der Waals surface area (Å²) in [5.41, 5.74) is 1.05. The maximum atomic E-state index is 13.0. The Bertz CT molecular complexity index is 567. The highest BCUT2D eigenvalue weighted by molar-refractivity contribution is 5.94. The summed E-state index contributed by atoms with van der Waals surface area (Å²) in [5.74, 6) is -2.44. The van der Waals surface area contributed by atoms with Crippen molar-refractivity contribution in [3.05, 3.63) is 59.6 Å².